The fraction of sp³-hybridized carbons (Fsp3) is 1.00. The Morgan fingerprint density at radius 3 is 2.85 bits per heavy atom. The van der Waals surface area contributed by atoms with E-state index in [1.165, 1.54) is 12.8 Å². The predicted octanol–water partition coefficient (Wildman–Crippen LogP) is -0.247. The highest BCUT2D eigenvalue weighted by atomic mass is 19.1. The van der Waals surface area contributed by atoms with Crippen molar-refractivity contribution >= 4 is 0 Å². The number of piperazine rings is 1. The Balaban J connectivity index is 1.86. The van der Waals surface area contributed by atoms with Crippen LogP contribution in [0, 0.1) is 0 Å². The smallest absolute Gasteiger partial charge is 0.117 e. The van der Waals surface area contributed by atoms with E-state index in [-0.39, 0.29) is 0 Å². The zero-order valence-electron chi connectivity index (χ0n) is 7.75. The maximum absolute atomic E-state index is 12.1. The molecule has 0 radical (unpaired) electrons. The van der Waals surface area contributed by atoms with Crippen molar-refractivity contribution < 1.29 is 9.50 Å². The number of nitrogens with zero attached hydrogens (tertiary/aromatic N) is 1. The van der Waals surface area contributed by atoms with Crippen molar-refractivity contribution in [3.63, 3.8) is 0 Å². The summed E-state index contributed by atoms with van der Waals surface area (Å²) in [5.74, 6) is 0. The molecule has 3 fully saturated rings. The van der Waals surface area contributed by atoms with E-state index in [4.69, 9.17) is 0 Å². The molecule has 2 N–H and O–H groups in total. The monoisotopic (exact) mass is 188 g/mol. The maximum atomic E-state index is 12.1. The molecule has 0 amide bonds. The molecule has 0 saturated carbocycles. The number of fused-ring (bicyclic) bond motifs is 3. The lowest BCUT2D eigenvalue weighted by Crippen LogP contribution is -2.62. The van der Waals surface area contributed by atoms with Crippen molar-refractivity contribution in [2.75, 3.05) is 26.3 Å². The van der Waals surface area contributed by atoms with Gasteiger partial charge in [-0.25, -0.2) is 4.39 Å². The van der Waals surface area contributed by atoms with Gasteiger partial charge in [0, 0.05) is 31.7 Å². The Kier molecular flexibility index (Phi) is 2.81. The molecule has 3 aliphatic heterocycles. The van der Waals surface area contributed by atoms with Gasteiger partial charge in [-0.15, -0.1) is 0 Å². The fourth-order valence-corrected chi connectivity index (χ4v) is 2.34. The summed E-state index contributed by atoms with van der Waals surface area (Å²) in [7, 11) is 0. The fourth-order valence-electron chi connectivity index (χ4n) is 2.34. The summed E-state index contributed by atoms with van der Waals surface area (Å²) in [6.45, 7) is 1.85. The average molecular weight is 188 g/mol. The van der Waals surface area contributed by atoms with E-state index < -0.39 is 12.8 Å². The molecule has 0 aromatic heterocycles. The highest BCUT2D eigenvalue weighted by Crippen LogP contribution is 2.22. The molecule has 3 atom stereocenters. The second kappa shape index (κ2) is 3.90. The van der Waals surface area contributed by atoms with E-state index in [1.54, 1.807) is 0 Å². The van der Waals surface area contributed by atoms with Gasteiger partial charge < -0.3 is 10.4 Å². The number of rotatable bonds is 3. The van der Waals surface area contributed by atoms with E-state index >= 15 is 0 Å². The maximum Gasteiger partial charge on any atom is 0.117 e. The van der Waals surface area contributed by atoms with E-state index in [0.29, 0.717) is 18.6 Å². The quantitative estimate of drug-likeness (QED) is 0.641. The first-order valence-electron chi connectivity index (χ1n) is 5.01. The molecule has 2 bridgehead atoms. The van der Waals surface area contributed by atoms with E-state index in [0.717, 1.165) is 13.1 Å². The summed E-state index contributed by atoms with van der Waals surface area (Å²) in [4.78, 5) is 2.22. The van der Waals surface area contributed by atoms with Crippen molar-refractivity contribution in [3.8, 4) is 0 Å². The van der Waals surface area contributed by atoms with Crippen LogP contribution in [0.3, 0.4) is 0 Å². The van der Waals surface area contributed by atoms with Crippen LogP contribution in [0.25, 0.3) is 0 Å². The van der Waals surface area contributed by atoms with Gasteiger partial charge in [0.25, 0.3) is 0 Å². The number of aliphatic hydroxyl groups is 1. The lowest BCUT2D eigenvalue weighted by molar-refractivity contribution is 0.0212. The summed E-state index contributed by atoms with van der Waals surface area (Å²) in [5.41, 5.74) is 0. The first kappa shape index (κ1) is 9.37. The third-order valence-electron chi connectivity index (χ3n) is 3.09. The molecule has 4 heteroatoms. The molecule has 3 nitrogen and oxygen atoms in total. The largest absolute Gasteiger partial charge is 0.389 e. The Bertz CT molecular complexity index is 171. The second-order valence-electron chi connectivity index (χ2n) is 4.10. The molecule has 3 unspecified atom stereocenters. The zero-order chi connectivity index (χ0) is 9.26. The zero-order valence-corrected chi connectivity index (χ0v) is 7.75. The first-order valence-corrected chi connectivity index (χ1v) is 5.01. The molecule has 0 aliphatic carbocycles. The van der Waals surface area contributed by atoms with Crippen LogP contribution >= 0.6 is 0 Å². The number of halogens is 1. The van der Waals surface area contributed by atoms with Crippen LogP contribution in [-0.4, -0.2) is 54.5 Å². The molecular formula is C9H17FN2O. The van der Waals surface area contributed by atoms with Crippen LogP contribution in [0.2, 0.25) is 0 Å². The van der Waals surface area contributed by atoms with Crippen molar-refractivity contribution in [2.45, 2.75) is 31.0 Å². The summed E-state index contributed by atoms with van der Waals surface area (Å²) < 4.78 is 12.1. The molecule has 76 valence electrons. The number of piperidine rings is 2. The second-order valence-corrected chi connectivity index (χ2v) is 4.10. The number of hydrogen-bond donors (Lipinski definition) is 2. The van der Waals surface area contributed by atoms with Crippen LogP contribution in [-0.2, 0) is 0 Å². The molecule has 13 heavy (non-hydrogen) atoms. The van der Waals surface area contributed by atoms with Gasteiger partial charge in [-0.3, -0.25) is 4.90 Å². The number of alkyl halides is 1. The third-order valence-corrected chi connectivity index (χ3v) is 3.09. The van der Waals surface area contributed by atoms with Crippen molar-refractivity contribution in [1.29, 1.82) is 0 Å². The van der Waals surface area contributed by atoms with E-state index in [2.05, 4.69) is 10.2 Å². The van der Waals surface area contributed by atoms with Gasteiger partial charge in [-0.05, 0) is 12.8 Å². The van der Waals surface area contributed by atoms with E-state index in [9.17, 15) is 9.50 Å². The molecular weight excluding hydrogens is 171 g/mol. The topological polar surface area (TPSA) is 35.5 Å². The van der Waals surface area contributed by atoms with Crippen LogP contribution in [0.4, 0.5) is 4.39 Å². The van der Waals surface area contributed by atoms with Gasteiger partial charge in [0.05, 0.1) is 6.10 Å². The molecule has 0 spiro atoms. The minimum Gasteiger partial charge on any atom is -0.389 e. The van der Waals surface area contributed by atoms with Crippen LogP contribution in [0.5, 0.6) is 0 Å². The average Bonchev–Trinajstić information content (AvgIpc) is 2.19. The van der Waals surface area contributed by atoms with Crippen LogP contribution < -0.4 is 5.32 Å². The highest BCUT2D eigenvalue weighted by Gasteiger charge is 2.33. The summed E-state index contributed by atoms with van der Waals surface area (Å²) in [6.07, 6.45) is 1.63. The number of hydrogen-bond acceptors (Lipinski definition) is 3. The summed E-state index contributed by atoms with van der Waals surface area (Å²) >= 11 is 0. The van der Waals surface area contributed by atoms with Gasteiger partial charge in [0.2, 0.25) is 0 Å². The molecule has 3 saturated heterocycles. The van der Waals surface area contributed by atoms with Gasteiger partial charge in [-0.1, -0.05) is 0 Å². The third kappa shape index (κ3) is 2.00. The summed E-state index contributed by atoms with van der Waals surface area (Å²) in [5, 5.41) is 12.6. The molecule has 3 heterocycles. The number of aliphatic hydroxyl groups excluding tert-OH is 1. The first-order chi connectivity index (χ1) is 6.29. The molecule has 3 aliphatic rings. The lowest BCUT2D eigenvalue weighted by Gasteiger charge is -2.46. The predicted molar refractivity (Wildman–Crippen MR) is 48.4 cm³/mol. The van der Waals surface area contributed by atoms with Crippen molar-refractivity contribution in [2.24, 2.45) is 0 Å². The van der Waals surface area contributed by atoms with Crippen molar-refractivity contribution in [3.05, 3.63) is 0 Å². The van der Waals surface area contributed by atoms with Crippen molar-refractivity contribution in [1.82, 2.24) is 10.2 Å². The summed E-state index contributed by atoms with van der Waals surface area (Å²) in [6, 6.07) is 1.09. The standard InChI is InChI=1S/C9H17FN2O/c10-3-9(13)6-12-5-7-1-2-8(12)4-11-7/h7-9,11,13H,1-6H2. The Morgan fingerprint density at radius 2 is 2.38 bits per heavy atom. The lowest BCUT2D eigenvalue weighted by atomic mass is 9.93. The van der Waals surface area contributed by atoms with Crippen LogP contribution in [0.1, 0.15) is 12.8 Å². The van der Waals surface area contributed by atoms with Gasteiger partial charge in [0.1, 0.15) is 6.67 Å². The minimum absolute atomic E-state index is 0.499. The van der Waals surface area contributed by atoms with Crippen LogP contribution in [0.15, 0.2) is 0 Å². The Morgan fingerprint density at radius 1 is 1.54 bits per heavy atom. The van der Waals surface area contributed by atoms with E-state index in [1.807, 2.05) is 0 Å². The Labute approximate surface area is 77.9 Å². The normalized spacial score (nSPS) is 36.5. The molecule has 3 rings (SSSR count). The Hall–Kier alpha value is -0.190. The SMILES string of the molecule is OC(CF)CN1CC2CCC1CN2. The van der Waals surface area contributed by atoms with Gasteiger partial charge in [-0.2, -0.15) is 0 Å². The van der Waals surface area contributed by atoms with Gasteiger partial charge in [0.15, 0.2) is 0 Å². The highest BCUT2D eigenvalue weighted by molar-refractivity contribution is 4.93. The number of nitrogens with one attached hydrogen (secondary N) is 1. The minimum atomic E-state index is -0.792. The van der Waals surface area contributed by atoms with Gasteiger partial charge >= 0.3 is 0 Å². The molecule has 0 aromatic rings. The molecule has 0 aromatic carbocycles.